The number of rotatable bonds is 4. The molecule has 0 radical (unpaired) electrons. The average molecular weight is 318 g/mol. The lowest BCUT2D eigenvalue weighted by molar-refractivity contribution is 0.0663. The minimum atomic E-state index is -0.811. The number of benzene rings is 1. The SMILES string of the molecule is O=C(c1ccc[nH]1)N1CCC[C@@H](CCc2ccc(F)c(F)c2)C1. The van der Waals surface area contributed by atoms with Crippen LogP contribution in [-0.4, -0.2) is 28.9 Å². The lowest BCUT2D eigenvalue weighted by Crippen LogP contribution is -2.40. The van der Waals surface area contributed by atoms with Crippen molar-refractivity contribution in [3.05, 3.63) is 59.4 Å². The zero-order valence-electron chi connectivity index (χ0n) is 12.9. The van der Waals surface area contributed by atoms with Gasteiger partial charge in [0.15, 0.2) is 11.6 Å². The van der Waals surface area contributed by atoms with Gasteiger partial charge in [0.25, 0.3) is 5.91 Å². The third kappa shape index (κ3) is 3.78. The molecule has 23 heavy (non-hydrogen) atoms. The van der Waals surface area contributed by atoms with Crippen molar-refractivity contribution in [3.63, 3.8) is 0 Å². The Labute approximate surface area is 134 Å². The van der Waals surface area contributed by atoms with Crippen LogP contribution in [0.2, 0.25) is 0 Å². The zero-order chi connectivity index (χ0) is 16.2. The van der Waals surface area contributed by atoms with Crippen LogP contribution in [0.5, 0.6) is 0 Å². The van der Waals surface area contributed by atoms with Crippen LogP contribution in [0.25, 0.3) is 0 Å². The number of carbonyl (C=O) groups is 1. The Bertz CT molecular complexity index is 670. The first-order valence-electron chi connectivity index (χ1n) is 8.00. The van der Waals surface area contributed by atoms with Gasteiger partial charge in [0.2, 0.25) is 0 Å². The molecule has 0 bridgehead atoms. The van der Waals surface area contributed by atoms with Gasteiger partial charge in [-0.2, -0.15) is 0 Å². The van der Waals surface area contributed by atoms with Crippen molar-refractivity contribution in [1.29, 1.82) is 0 Å². The molecule has 2 heterocycles. The number of halogens is 2. The monoisotopic (exact) mass is 318 g/mol. The van der Waals surface area contributed by atoms with Crippen molar-refractivity contribution >= 4 is 5.91 Å². The van der Waals surface area contributed by atoms with Gasteiger partial charge >= 0.3 is 0 Å². The predicted octanol–water partition coefficient (Wildman–Crippen LogP) is 3.78. The Morgan fingerprint density at radius 3 is 2.87 bits per heavy atom. The second-order valence-corrected chi connectivity index (χ2v) is 6.13. The highest BCUT2D eigenvalue weighted by Crippen LogP contribution is 2.23. The molecule has 0 saturated carbocycles. The van der Waals surface area contributed by atoms with E-state index in [1.807, 2.05) is 11.0 Å². The van der Waals surface area contributed by atoms with E-state index < -0.39 is 11.6 Å². The predicted molar refractivity (Wildman–Crippen MR) is 84.1 cm³/mol. The Kier molecular flexibility index (Phi) is 4.74. The van der Waals surface area contributed by atoms with Gasteiger partial charge in [-0.3, -0.25) is 4.79 Å². The Morgan fingerprint density at radius 1 is 1.26 bits per heavy atom. The molecule has 0 spiro atoms. The molecular formula is C18H20F2N2O. The lowest BCUT2D eigenvalue weighted by atomic mass is 9.91. The summed E-state index contributed by atoms with van der Waals surface area (Å²) in [5.74, 6) is -1.17. The molecule has 5 heteroatoms. The normalized spacial score (nSPS) is 18.2. The number of aryl methyl sites for hydroxylation is 1. The summed E-state index contributed by atoms with van der Waals surface area (Å²) in [6, 6.07) is 7.67. The fourth-order valence-electron chi connectivity index (χ4n) is 3.18. The minimum Gasteiger partial charge on any atom is -0.357 e. The third-order valence-corrected chi connectivity index (χ3v) is 4.46. The summed E-state index contributed by atoms with van der Waals surface area (Å²) in [6.07, 6.45) is 5.37. The third-order valence-electron chi connectivity index (χ3n) is 4.46. The fourth-order valence-corrected chi connectivity index (χ4v) is 3.18. The van der Waals surface area contributed by atoms with E-state index in [1.54, 1.807) is 18.3 Å². The van der Waals surface area contributed by atoms with Gasteiger partial charge in [-0.05, 0) is 61.4 Å². The highest BCUT2D eigenvalue weighted by Gasteiger charge is 2.24. The first kappa shape index (κ1) is 15.7. The van der Waals surface area contributed by atoms with Gasteiger partial charge in [0, 0.05) is 19.3 Å². The maximum atomic E-state index is 13.2. The Balaban J connectivity index is 1.56. The summed E-state index contributed by atoms with van der Waals surface area (Å²) >= 11 is 0. The van der Waals surface area contributed by atoms with Crippen LogP contribution in [0.4, 0.5) is 8.78 Å². The van der Waals surface area contributed by atoms with Crippen LogP contribution >= 0.6 is 0 Å². The molecule has 2 aromatic rings. The van der Waals surface area contributed by atoms with E-state index >= 15 is 0 Å². The van der Waals surface area contributed by atoms with Gasteiger partial charge in [-0.1, -0.05) is 6.07 Å². The summed E-state index contributed by atoms with van der Waals surface area (Å²) in [4.78, 5) is 17.2. The second-order valence-electron chi connectivity index (χ2n) is 6.13. The van der Waals surface area contributed by atoms with E-state index in [2.05, 4.69) is 4.98 Å². The first-order chi connectivity index (χ1) is 11.1. The van der Waals surface area contributed by atoms with E-state index in [-0.39, 0.29) is 5.91 Å². The molecule has 1 aromatic carbocycles. The van der Waals surface area contributed by atoms with Crippen LogP contribution in [0.3, 0.4) is 0 Å². The number of hydrogen-bond acceptors (Lipinski definition) is 1. The van der Waals surface area contributed by atoms with E-state index in [0.29, 0.717) is 18.0 Å². The van der Waals surface area contributed by atoms with Gasteiger partial charge in [-0.15, -0.1) is 0 Å². The topological polar surface area (TPSA) is 36.1 Å². The molecule has 1 atom stereocenters. The minimum absolute atomic E-state index is 0.0347. The number of aromatic nitrogens is 1. The molecular weight excluding hydrogens is 298 g/mol. The first-order valence-corrected chi connectivity index (χ1v) is 8.00. The maximum absolute atomic E-state index is 13.2. The number of H-pyrrole nitrogens is 1. The highest BCUT2D eigenvalue weighted by molar-refractivity contribution is 5.92. The van der Waals surface area contributed by atoms with Crippen LogP contribution in [-0.2, 0) is 6.42 Å². The van der Waals surface area contributed by atoms with E-state index in [0.717, 1.165) is 37.9 Å². The number of piperidine rings is 1. The van der Waals surface area contributed by atoms with Crippen LogP contribution in [0, 0.1) is 17.6 Å². The summed E-state index contributed by atoms with van der Waals surface area (Å²) in [7, 11) is 0. The molecule has 1 aliphatic heterocycles. The Hall–Kier alpha value is -2.17. The maximum Gasteiger partial charge on any atom is 0.270 e. The molecule has 1 aromatic heterocycles. The van der Waals surface area contributed by atoms with Gasteiger partial charge in [-0.25, -0.2) is 8.78 Å². The van der Waals surface area contributed by atoms with Crippen molar-refractivity contribution in [3.8, 4) is 0 Å². The molecule has 1 aliphatic rings. The summed E-state index contributed by atoms with van der Waals surface area (Å²) in [5, 5.41) is 0. The smallest absolute Gasteiger partial charge is 0.270 e. The quantitative estimate of drug-likeness (QED) is 0.915. The number of aromatic amines is 1. The summed E-state index contributed by atoms with van der Waals surface area (Å²) < 4.78 is 26.2. The average Bonchev–Trinajstić information content (AvgIpc) is 3.10. The van der Waals surface area contributed by atoms with Crippen molar-refractivity contribution in [2.75, 3.05) is 13.1 Å². The number of hydrogen-bond donors (Lipinski definition) is 1. The molecule has 1 fully saturated rings. The summed E-state index contributed by atoms with van der Waals surface area (Å²) in [6.45, 7) is 1.50. The number of carbonyl (C=O) groups excluding carboxylic acids is 1. The molecule has 1 N–H and O–H groups in total. The van der Waals surface area contributed by atoms with Crippen LogP contribution in [0.1, 0.15) is 35.3 Å². The largest absolute Gasteiger partial charge is 0.357 e. The number of nitrogens with zero attached hydrogens (tertiary/aromatic N) is 1. The fraction of sp³-hybridized carbons (Fsp3) is 0.389. The van der Waals surface area contributed by atoms with Crippen molar-refractivity contribution in [2.24, 2.45) is 5.92 Å². The van der Waals surface area contributed by atoms with E-state index in [1.165, 1.54) is 12.1 Å². The molecule has 1 saturated heterocycles. The Morgan fingerprint density at radius 2 is 2.13 bits per heavy atom. The number of amides is 1. The van der Waals surface area contributed by atoms with Crippen molar-refractivity contribution in [2.45, 2.75) is 25.7 Å². The highest BCUT2D eigenvalue weighted by atomic mass is 19.2. The van der Waals surface area contributed by atoms with Gasteiger partial charge < -0.3 is 9.88 Å². The van der Waals surface area contributed by atoms with Crippen molar-refractivity contribution in [1.82, 2.24) is 9.88 Å². The molecule has 0 aliphatic carbocycles. The molecule has 3 nitrogen and oxygen atoms in total. The van der Waals surface area contributed by atoms with Crippen molar-refractivity contribution < 1.29 is 13.6 Å². The number of nitrogens with one attached hydrogen (secondary N) is 1. The van der Waals surface area contributed by atoms with E-state index in [4.69, 9.17) is 0 Å². The molecule has 0 unspecified atom stereocenters. The second kappa shape index (κ2) is 6.94. The lowest BCUT2D eigenvalue weighted by Gasteiger charge is -2.32. The van der Waals surface area contributed by atoms with E-state index in [9.17, 15) is 13.6 Å². The molecule has 122 valence electrons. The molecule has 1 amide bonds. The van der Waals surface area contributed by atoms with Crippen LogP contribution < -0.4 is 0 Å². The van der Waals surface area contributed by atoms with Gasteiger partial charge in [0.1, 0.15) is 5.69 Å². The van der Waals surface area contributed by atoms with Gasteiger partial charge in [0.05, 0.1) is 0 Å². The van der Waals surface area contributed by atoms with Crippen LogP contribution in [0.15, 0.2) is 36.5 Å². The summed E-state index contributed by atoms with van der Waals surface area (Å²) in [5.41, 5.74) is 1.42. The standard InChI is InChI=1S/C18H20F2N2O/c19-15-8-7-13(11-16(15)20)5-6-14-3-2-10-22(12-14)18(23)17-4-1-9-21-17/h1,4,7-9,11,14,21H,2-3,5-6,10,12H2/t14-/m0/s1. The molecule has 3 rings (SSSR count). The zero-order valence-corrected chi connectivity index (χ0v) is 12.9. The number of likely N-dealkylation sites (tertiary alicyclic amines) is 1.